The predicted molar refractivity (Wildman–Crippen MR) is 74.3 cm³/mol. The second-order valence-electron chi connectivity index (χ2n) is 4.62. The summed E-state index contributed by atoms with van der Waals surface area (Å²) in [5.41, 5.74) is 2.85. The van der Waals surface area contributed by atoms with E-state index in [-0.39, 0.29) is 0 Å². The van der Waals surface area contributed by atoms with E-state index < -0.39 is 0 Å². The highest BCUT2D eigenvalue weighted by molar-refractivity contribution is 7.13. The quantitative estimate of drug-likeness (QED) is 0.787. The summed E-state index contributed by atoms with van der Waals surface area (Å²) in [7, 11) is 0. The third kappa shape index (κ3) is 2.43. The molecule has 1 nitrogen and oxygen atoms in total. The lowest BCUT2D eigenvalue weighted by molar-refractivity contribution is 0.332. The fraction of sp³-hybridized carbons (Fsp3) is 0.333. The monoisotopic (exact) mass is 243 g/mol. The van der Waals surface area contributed by atoms with E-state index in [2.05, 4.69) is 46.7 Å². The molecule has 1 saturated heterocycles. The molecule has 0 aliphatic carbocycles. The SMILES string of the molecule is c1ccc(-c2sccc2CN2CCCC2)cc1. The van der Waals surface area contributed by atoms with Crippen LogP contribution in [0.15, 0.2) is 41.8 Å². The maximum atomic E-state index is 2.56. The van der Waals surface area contributed by atoms with Gasteiger partial charge in [-0.2, -0.15) is 0 Å². The van der Waals surface area contributed by atoms with Crippen LogP contribution in [0.1, 0.15) is 18.4 Å². The Balaban J connectivity index is 1.84. The number of likely N-dealkylation sites (tertiary alicyclic amines) is 1. The first-order valence-electron chi connectivity index (χ1n) is 6.27. The van der Waals surface area contributed by atoms with Gasteiger partial charge < -0.3 is 0 Å². The Morgan fingerprint density at radius 2 is 1.76 bits per heavy atom. The molecule has 0 spiro atoms. The van der Waals surface area contributed by atoms with Gasteiger partial charge in [0.15, 0.2) is 0 Å². The molecule has 1 fully saturated rings. The summed E-state index contributed by atoms with van der Waals surface area (Å²) in [5.74, 6) is 0. The molecule has 17 heavy (non-hydrogen) atoms. The topological polar surface area (TPSA) is 3.24 Å². The summed E-state index contributed by atoms with van der Waals surface area (Å²) < 4.78 is 0. The molecule has 0 unspecified atom stereocenters. The molecule has 88 valence electrons. The van der Waals surface area contributed by atoms with Crippen LogP contribution in [0, 0.1) is 0 Å². The van der Waals surface area contributed by atoms with E-state index in [0.29, 0.717) is 0 Å². The van der Waals surface area contributed by atoms with Gasteiger partial charge in [-0.1, -0.05) is 30.3 Å². The lowest BCUT2D eigenvalue weighted by atomic mass is 10.1. The van der Waals surface area contributed by atoms with Crippen molar-refractivity contribution in [1.29, 1.82) is 0 Å². The largest absolute Gasteiger partial charge is 0.299 e. The first kappa shape index (κ1) is 11.0. The van der Waals surface area contributed by atoms with Crippen LogP contribution < -0.4 is 0 Å². The molecule has 2 heterocycles. The average Bonchev–Trinajstić information content (AvgIpc) is 3.02. The van der Waals surface area contributed by atoms with Crippen molar-refractivity contribution in [1.82, 2.24) is 4.90 Å². The van der Waals surface area contributed by atoms with Crippen LogP contribution in [0.5, 0.6) is 0 Å². The number of hydrogen-bond donors (Lipinski definition) is 0. The van der Waals surface area contributed by atoms with Gasteiger partial charge in [0.1, 0.15) is 0 Å². The van der Waals surface area contributed by atoms with E-state index in [4.69, 9.17) is 0 Å². The highest BCUT2D eigenvalue weighted by Gasteiger charge is 2.14. The molecule has 3 rings (SSSR count). The van der Waals surface area contributed by atoms with E-state index in [1.807, 2.05) is 11.3 Å². The maximum absolute atomic E-state index is 2.56. The number of hydrogen-bond acceptors (Lipinski definition) is 2. The predicted octanol–water partition coefficient (Wildman–Crippen LogP) is 4.01. The van der Waals surface area contributed by atoms with Crippen LogP contribution in [-0.2, 0) is 6.54 Å². The molecule has 0 N–H and O–H groups in total. The zero-order chi connectivity index (χ0) is 11.5. The molecule has 1 aromatic carbocycles. The van der Waals surface area contributed by atoms with Crippen LogP contribution in [0.2, 0.25) is 0 Å². The second kappa shape index (κ2) is 5.03. The number of rotatable bonds is 3. The summed E-state index contributed by atoms with van der Waals surface area (Å²) in [6.45, 7) is 3.65. The van der Waals surface area contributed by atoms with Crippen molar-refractivity contribution in [2.75, 3.05) is 13.1 Å². The minimum absolute atomic E-state index is 1.12. The van der Waals surface area contributed by atoms with Crippen molar-refractivity contribution >= 4 is 11.3 Å². The van der Waals surface area contributed by atoms with Gasteiger partial charge in [0.25, 0.3) is 0 Å². The Hall–Kier alpha value is -1.12. The van der Waals surface area contributed by atoms with Crippen LogP contribution in [-0.4, -0.2) is 18.0 Å². The van der Waals surface area contributed by atoms with Crippen LogP contribution in [0.4, 0.5) is 0 Å². The van der Waals surface area contributed by atoms with E-state index in [1.54, 1.807) is 0 Å². The van der Waals surface area contributed by atoms with Crippen molar-refractivity contribution in [3.05, 3.63) is 47.3 Å². The van der Waals surface area contributed by atoms with Gasteiger partial charge in [-0.25, -0.2) is 0 Å². The summed E-state index contributed by atoms with van der Waals surface area (Å²) in [6, 6.07) is 13.0. The Labute approximate surface area is 107 Å². The third-order valence-corrected chi connectivity index (χ3v) is 4.38. The zero-order valence-corrected chi connectivity index (χ0v) is 10.7. The van der Waals surface area contributed by atoms with Crippen LogP contribution in [0.25, 0.3) is 10.4 Å². The first-order chi connectivity index (χ1) is 8.43. The van der Waals surface area contributed by atoms with Crippen LogP contribution in [0.3, 0.4) is 0 Å². The Kier molecular flexibility index (Phi) is 3.25. The molecule has 1 aliphatic heterocycles. The summed E-state index contributed by atoms with van der Waals surface area (Å²) >= 11 is 1.86. The molecule has 0 atom stereocenters. The Morgan fingerprint density at radius 3 is 2.53 bits per heavy atom. The van der Waals surface area contributed by atoms with E-state index >= 15 is 0 Å². The van der Waals surface area contributed by atoms with E-state index in [9.17, 15) is 0 Å². The molecule has 1 aromatic heterocycles. The van der Waals surface area contributed by atoms with Gasteiger partial charge in [-0.3, -0.25) is 4.90 Å². The zero-order valence-electron chi connectivity index (χ0n) is 9.93. The molecule has 2 aromatic rings. The smallest absolute Gasteiger partial charge is 0.0387 e. The molecule has 1 aliphatic rings. The Bertz CT molecular complexity index is 469. The van der Waals surface area contributed by atoms with Crippen molar-refractivity contribution in [3.63, 3.8) is 0 Å². The molecule has 0 radical (unpaired) electrons. The van der Waals surface area contributed by atoms with Crippen molar-refractivity contribution < 1.29 is 0 Å². The van der Waals surface area contributed by atoms with E-state index in [0.717, 1.165) is 6.54 Å². The summed E-state index contributed by atoms with van der Waals surface area (Å²) in [5, 5.41) is 2.22. The minimum Gasteiger partial charge on any atom is -0.299 e. The summed E-state index contributed by atoms with van der Waals surface area (Å²) in [6.07, 6.45) is 2.73. The van der Waals surface area contributed by atoms with Gasteiger partial charge >= 0.3 is 0 Å². The number of benzene rings is 1. The standard InChI is InChI=1S/C15H17NS/c1-2-6-13(7-3-1)15-14(8-11-17-15)12-16-9-4-5-10-16/h1-3,6-8,11H,4-5,9-10,12H2. The fourth-order valence-corrected chi connectivity index (χ4v) is 3.41. The molecule has 0 bridgehead atoms. The van der Waals surface area contributed by atoms with Crippen molar-refractivity contribution in [2.45, 2.75) is 19.4 Å². The number of nitrogens with zero attached hydrogens (tertiary/aromatic N) is 1. The summed E-state index contributed by atoms with van der Waals surface area (Å²) in [4.78, 5) is 4.01. The third-order valence-electron chi connectivity index (χ3n) is 3.38. The van der Waals surface area contributed by atoms with Crippen molar-refractivity contribution in [2.24, 2.45) is 0 Å². The van der Waals surface area contributed by atoms with Crippen LogP contribution >= 0.6 is 11.3 Å². The van der Waals surface area contributed by atoms with Crippen molar-refractivity contribution in [3.8, 4) is 10.4 Å². The molecule has 2 heteroatoms. The molecule has 0 amide bonds. The second-order valence-corrected chi connectivity index (χ2v) is 5.54. The fourth-order valence-electron chi connectivity index (χ4n) is 2.48. The lowest BCUT2D eigenvalue weighted by Crippen LogP contribution is -2.18. The first-order valence-corrected chi connectivity index (χ1v) is 7.15. The molecular weight excluding hydrogens is 226 g/mol. The highest BCUT2D eigenvalue weighted by atomic mass is 32.1. The molecule has 0 saturated carbocycles. The lowest BCUT2D eigenvalue weighted by Gasteiger charge is -2.14. The molecular formula is C15H17NS. The van der Waals surface area contributed by atoms with Gasteiger partial charge in [0, 0.05) is 11.4 Å². The van der Waals surface area contributed by atoms with Gasteiger partial charge in [0.05, 0.1) is 0 Å². The van der Waals surface area contributed by atoms with Gasteiger partial charge in [0.2, 0.25) is 0 Å². The number of thiophene rings is 1. The van der Waals surface area contributed by atoms with E-state index in [1.165, 1.54) is 41.9 Å². The normalized spacial score (nSPS) is 16.5. The maximum Gasteiger partial charge on any atom is 0.0387 e. The average molecular weight is 243 g/mol. The minimum atomic E-state index is 1.12. The highest BCUT2D eigenvalue weighted by Crippen LogP contribution is 2.30. The van der Waals surface area contributed by atoms with Gasteiger partial charge in [-0.15, -0.1) is 11.3 Å². The Morgan fingerprint density at radius 1 is 1.00 bits per heavy atom. The van der Waals surface area contributed by atoms with Gasteiger partial charge in [-0.05, 0) is 48.5 Å².